The van der Waals surface area contributed by atoms with Crippen LogP contribution in [-0.4, -0.2) is 22.9 Å². The predicted molar refractivity (Wildman–Crippen MR) is 77.7 cm³/mol. The predicted octanol–water partition coefficient (Wildman–Crippen LogP) is 1.66. The summed E-state index contributed by atoms with van der Waals surface area (Å²) in [7, 11) is 0. The highest BCUT2D eigenvalue weighted by Crippen LogP contribution is 2.33. The van der Waals surface area contributed by atoms with Crippen LogP contribution in [0.1, 0.15) is 30.4 Å². The summed E-state index contributed by atoms with van der Waals surface area (Å²) in [6.07, 6.45) is 3.14. The van der Waals surface area contributed by atoms with Gasteiger partial charge in [0.15, 0.2) is 0 Å². The number of hydrogen-bond acceptors (Lipinski definition) is 4. The third-order valence-corrected chi connectivity index (χ3v) is 4.70. The Labute approximate surface area is 123 Å². The first-order chi connectivity index (χ1) is 10.1. The number of nitrogens with zero attached hydrogens (tertiary/aromatic N) is 1. The number of amides is 1. The van der Waals surface area contributed by atoms with Crippen molar-refractivity contribution in [3.63, 3.8) is 0 Å². The SMILES string of the molecule is Cc1c(CNC(=O)C2CC3CCC2N3)cccc1[N+](=O)[O-]. The smallest absolute Gasteiger partial charge is 0.272 e. The molecule has 2 aliphatic rings. The summed E-state index contributed by atoms with van der Waals surface area (Å²) in [5, 5.41) is 17.3. The van der Waals surface area contributed by atoms with E-state index in [4.69, 9.17) is 0 Å². The molecule has 0 spiro atoms. The summed E-state index contributed by atoms with van der Waals surface area (Å²) in [4.78, 5) is 22.8. The highest BCUT2D eigenvalue weighted by Gasteiger charge is 2.42. The van der Waals surface area contributed by atoms with E-state index in [1.54, 1.807) is 13.0 Å². The second kappa shape index (κ2) is 5.44. The van der Waals surface area contributed by atoms with Crippen LogP contribution in [0, 0.1) is 23.0 Å². The third-order valence-electron chi connectivity index (χ3n) is 4.70. The standard InChI is InChI=1S/C15H19N3O3/c1-9-10(3-2-4-14(9)18(20)21)8-16-15(19)12-7-11-5-6-13(12)17-11/h2-4,11-13,17H,5-8H2,1H3,(H,16,19). The van der Waals surface area contributed by atoms with E-state index in [2.05, 4.69) is 10.6 Å². The fourth-order valence-corrected chi connectivity index (χ4v) is 3.49. The minimum absolute atomic E-state index is 0.0442. The molecule has 6 heteroatoms. The van der Waals surface area contributed by atoms with Gasteiger partial charge in [-0.2, -0.15) is 0 Å². The molecule has 3 atom stereocenters. The van der Waals surface area contributed by atoms with Crippen LogP contribution in [0.4, 0.5) is 5.69 Å². The number of benzene rings is 1. The Morgan fingerprint density at radius 1 is 1.48 bits per heavy atom. The van der Waals surface area contributed by atoms with Crippen molar-refractivity contribution in [2.75, 3.05) is 0 Å². The minimum Gasteiger partial charge on any atom is -0.352 e. The molecule has 0 aliphatic carbocycles. The zero-order valence-electron chi connectivity index (χ0n) is 12.0. The van der Waals surface area contributed by atoms with Gasteiger partial charge in [-0.05, 0) is 31.7 Å². The summed E-state index contributed by atoms with van der Waals surface area (Å²) < 4.78 is 0. The van der Waals surface area contributed by atoms with Crippen molar-refractivity contribution < 1.29 is 9.72 Å². The molecule has 2 fully saturated rings. The fourth-order valence-electron chi connectivity index (χ4n) is 3.49. The Kier molecular flexibility index (Phi) is 3.63. The van der Waals surface area contributed by atoms with Gasteiger partial charge in [-0.3, -0.25) is 14.9 Å². The lowest BCUT2D eigenvalue weighted by Crippen LogP contribution is -2.37. The molecular weight excluding hydrogens is 270 g/mol. The monoisotopic (exact) mass is 289 g/mol. The Hall–Kier alpha value is -1.95. The maximum absolute atomic E-state index is 12.3. The Morgan fingerprint density at radius 3 is 2.90 bits per heavy atom. The Morgan fingerprint density at radius 2 is 2.29 bits per heavy atom. The molecular formula is C15H19N3O3. The maximum atomic E-state index is 12.3. The molecule has 2 bridgehead atoms. The van der Waals surface area contributed by atoms with Gasteiger partial charge >= 0.3 is 0 Å². The van der Waals surface area contributed by atoms with Gasteiger partial charge < -0.3 is 10.6 Å². The molecule has 1 aromatic carbocycles. The quantitative estimate of drug-likeness (QED) is 0.652. The van der Waals surface area contributed by atoms with Gasteiger partial charge in [-0.25, -0.2) is 0 Å². The lowest BCUT2D eigenvalue weighted by molar-refractivity contribution is -0.385. The van der Waals surface area contributed by atoms with Crippen LogP contribution < -0.4 is 10.6 Å². The summed E-state index contributed by atoms with van der Waals surface area (Å²) in [5.74, 6) is 0.100. The molecule has 0 aromatic heterocycles. The number of carbonyl (C=O) groups excluding carboxylic acids is 1. The van der Waals surface area contributed by atoms with Crippen molar-refractivity contribution in [2.24, 2.45) is 5.92 Å². The van der Waals surface area contributed by atoms with Crippen LogP contribution in [-0.2, 0) is 11.3 Å². The first-order valence-electron chi connectivity index (χ1n) is 7.33. The highest BCUT2D eigenvalue weighted by atomic mass is 16.6. The lowest BCUT2D eigenvalue weighted by Gasteiger charge is -2.19. The largest absolute Gasteiger partial charge is 0.352 e. The van der Waals surface area contributed by atoms with Gasteiger partial charge in [0.05, 0.1) is 10.8 Å². The molecule has 2 N–H and O–H groups in total. The van der Waals surface area contributed by atoms with Gasteiger partial charge in [0, 0.05) is 30.3 Å². The van der Waals surface area contributed by atoms with E-state index in [1.807, 2.05) is 6.07 Å². The summed E-state index contributed by atoms with van der Waals surface area (Å²) in [5.41, 5.74) is 1.52. The first-order valence-corrected chi connectivity index (χ1v) is 7.33. The third kappa shape index (κ3) is 2.63. The average molecular weight is 289 g/mol. The molecule has 6 nitrogen and oxygen atoms in total. The Bertz CT molecular complexity index is 588. The van der Waals surface area contributed by atoms with Crippen LogP contribution in [0.3, 0.4) is 0 Å². The molecule has 3 unspecified atom stereocenters. The summed E-state index contributed by atoms with van der Waals surface area (Å²) in [6.45, 7) is 2.07. The van der Waals surface area contributed by atoms with Gasteiger partial charge in [0.2, 0.25) is 5.91 Å². The highest BCUT2D eigenvalue weighted by molar-refractivity contribution is 5.80. The van der Waals surface area contributed by atoms with Gasteiger partial charge in [-0.1, -0.05) is 12.1 Å². The normalized spacial score (nSPS) is 26.8. The second-order valence-corrected chi connectivity index (χ2v) is 5.93. The number of rotatable bonds is 4. The average Bonchev–Trinajstić information content (AvgIpc) is 3.08. The number of carbonyl (C=O) groups is 1. The maximum Gasteiger partial charge on any atom is 0.272 e. The van der Waals surface area contributed by atoms with Crippen LogP contribution in [0.2, 0.25) is 0 Å². The molecule has 2 aliphatic heterocycles. The van der Waals surface area contributed by atoms with Gasteiger partial charge in [0.1, 0.15) is 0 Å². The van der Waals surface area contributed by atoms with Crippen molar-refractivity contribution in [1.29, 1.82) is 0 Å². The topological polar surface area (TPSA) is 84.3 Å². The van der Waals surface area contributed by atoms with Crippen LogP contribution >= 0.6 is 0 Å². The van der Waals surface area contributed by atoms with Crippen molar-refractivity contribution in [1.82, 2.24) is 10.6 Å². The second-order valence-electron chi connectivity index (χ2n) is 5.93. The van der Waals surface area contributed by atoms with Crippen molar-refractivity contribution in [2.45, 2.75) is 44.8 Å². The van der Waals surface area contributed by atoms with Crippen LogP contribution in [0.15, 0.2) is 18.2 Å². The molecule has 21 heavy (non-hydrogen) atoms. The van der Waals surface area contributed by atoms with E-state index < -0.39 is 0 Å². The molecule has 2 saturated heterocycles. The number of fused-ring (bicyclic) bond motifs is 2. The molecule has 0 saturated carbocycles. The van der Waals surface area contributed by atoms with Crippen molar-refractivity contribution >= 4 is 11.6 Å². The van der Waals surface area contributed by atoms with E-state index in [1.165, 1.54) is 12.5 Å². The molecule has 2 heterocycles. The van der Waals surface area contributed by atoms with E-state index in [-0.39, 0.29) is 22.4 Å². The Balaban J connectivity index is 1.64. The number of nitrogens with one attached hydrogen (secondary N) is 2. The minimum atomic E-state index is -0.388. The van der Waals surface area contributed by atoms with Crippen LogP contribution in [0.5, 0.6) is 0 Å². The van der Waals surface area contributed by atoms with E-state index in [0.29, 0.717) is 24.2 Å². The molecule has 112 valence electrons. The number of hydrogen-bond donors (Lipinski definition) is 2. The van der Waals surface area contributed by atoms with Crippen molar-refractivity contribution in [3.8, 4) is 0 Å². The van der Waals surface area contributed by atoms with E-state index in [0.717, 1.165) is 18.4 Å². The van der Waals surface area contributed by atoms with Gasteiger partial charge in [0.25, 0.3) is 5.69 Å². The summed E-state index contributed by atoms with van der Waals surface area (Å²) >= 11 is 0. The van der Waals surface area contributed by atoms with E-state index in [9.17, 15) is 14.9 Å². The van der Waals surface area contributed by atoms with Gasteiger partial charge in [-0.15, -0.1) is 0 Å². The molecule has 1 amide bonds. The number of nitro groups is 1. The van der Waals surface area contributed by atoms with Crippen LogP contribution in [0.25, 0.3) is 0 Å². The zero-order valence-corrected chi connectivity index (χ0v) is 12.0. The molecule has 0 radical (unpaired) electrons. The molecule has 1 aromatic rings. The lowest BCUT2D eigenvalue weighted by atomic mass is 9.88. The zero-order chi connectivity index (χ0) is 15.0. The molecule has 3 rings (SSSR count). The fraction of sp³-hybridized carbons (Fsp3) is 0.533. The van der Waals surface area contributed by atoms with E-state index >= 15 is 0 Å². The number of nitro benzene ring substituents is 1. The van der Waals surface area contributed by atoms with Crippen molar-refractivity contribution in [3.05, 3.63) is 39.4 Å². The summed E-state index contributed by atoms with van der Waals surface area (Å²) in [6, 6.07) is 5.76. The first kappa shape index (κ1) is 14.0.